The number of aryl methyl sites for hydroxylation is 3. The van der Waals surface area contributed by atoms with E-state index in [1.54, 1.807) is 0 Å². The SMILES string of the molecule is Cc1cccc2c3c(n(C)c12)CC(N)CC3. The van der Waals surface area contributed by atoms with E-state index in [0.717, 1.165) is 19.3 Å². The van der Waals surface area contributed by atoms with Crippen molar-refractivity contribution in [3.63, 3.8) is 0 Å². The summed E-state index contributed by atoms with van der Waals surface area (Å²) in [6.45, 7) is 2.19. The van der Waals surface area contributed by atoms with Crippen LogP contribution in [0.4, 0.5) is 0 Å². The molecule has 0 amide bonds. The van der Waals surface area contributed by atoms with Crippen LogP contribution in [-0.4, -0.2) is 10.6 Å². The van der Waals surface area contributed by atoms with Gasteiger partial charge in [-0.3, -0.25) is 0 Å². The van der Waals surface area contributed by atoms with E-state index < -0.39 is 0 Å². The Kier molecular flexibility index (Phi) is 2.08. The molecule has 2 N–H and O–H groups in total. The average molecular weight is 214 g/mol. The Bertz CT molecular complexity index is 551. The van der Waals surface area contributed by atoms with Crippen LogP contribution in [0.2, 0.25) is 0 Å². The first kappa shape index (κ1) is 9.91. The van der Waals surface area contributed by atoms with Gasteiger partial charge in [-0.1, -0.05) is 18.2 Å². The Balaban J connectivity index is 2.36. The normalized spacial score (nSPS) is 20.1. The molecular formula is C14H18N2. The van der Waals surface area contributed by atoms with Crippen molar-refractivity contribution >= 4 is 10.9 Å². The van der Waals surface area contributed by atoms with Gasteiger partial charge in [0.1, 0.15) is 0 Å². The van der Waals surface area contributed by atoms with Gasteiger partial charge in [-0.25, -0.2) is 0 Å². The summed E-state index contributed by atoms with van der Waals surface area (Å²) in [5.74, 6) is 0. The Morgan fingerprint density at radius 3 is 3.00 bits per heavy atom. The second-order valence-electron chi connectivity index (χ2n) is 4.96. The third kappa shape index (κ3) is 1.23. The quantitative estimate of drug-likeness (QED) is 0.716. The zero-order valence-corrected chi connectivity index (χ0v) is 9.96. The summed E-state index contributed by atoms with van der Waals surface area (Å²) in [5, 5.41) is 1.43. The number of benzene rings is 1. The number of hydrogen-bond donors (Lipinski definition) is 1. The highest BCUT2D eigenvalue weighted by atomic mass is 15.0. The second-order valence-corrected chi connectivity index (χ2v) is 4.96. The molecule has 1 aromatic carbocycles. The van der Waals surface area contributed by atoms with Crippen molar-refractivity contribution in [2.24, 2.45) is 12.8 Å². The van der Waals surface area contributed by atoms with Gasteiger partial charge in [0, 0.05) is 30.6 Å². The number of nitrogens with two attached hydrogens (primary N) is 1. The minimum Gasteiger partial charge on any atom is -0.347 e. The molecule has 2 nitrogen and oxygen atoms in total. The van der Waals surface area contributed by atoms with Gasteiger partial charge in [0.25, 0.3) is 0 Å². The van der Waals surface area contributed by atoms with Gasteiger partial charge in [-0.15, -0.1) is 0 Å². The highest BCUT2D eigenvalue weighted by Gasteiger charge is 2.22. The summed E-state index contributed by atoms with van der Waals surface area (Å²) in [4.78, 5) is 0. The number of rotatable bonds is 0. The van der Waals surface area contributed by atoms with E-state index in [4.69, 9.17) is 5.73 Å². The van der Waals surface area contributed by atoms with Gasteiger partial charge in [0.15, 0.2) is 0 Å². The molecule has 1 aliphatic carbocycles. The molecule has 2 aromatic rings. The Labute approximate surface area is 96.1 Å². The lowest BCUT2D eigenvalue weighted by Gasteiger charge is -2.19. The van der Waals surface area contributed by atoms with Crippen LogP contribution in [0.3, 0.4) is 0 Å². The molecule has 1 aromatic heterocycles. The van der Waals surface area contributed by atoms with Gasteiger partial charge >= 0.3 is 0 Å². The molecule has 1 aliphatic rings. The average Bonchev–Trinajstić information content (AvgIpc) is 2.54. The third-order valence-electron chi connectivity index (χ3n) is 3.87. The van der Waals surface area contributed by atoms with Gasteiger partial charge in [0.2, 0.25) is 0 Å². The Hall–Kier alpha value is -1.28. The fourth-order valence-corrected chi connectivity index (χ4v) is 3.06. The van der Waals surface area contributed by atoms with Crippen LogP contribution in [0, 0.1) is 6.92 Å². The lowest BCUT2D eigenvalue weighted by molar-refractivity contribution is 0.558. The minimum absolute atomic E-state index is 0.343. The first-order valence-electron chi connectivity index (χ1n) is 6.00. The zero-order valence-electron chi connectivity index (χ0n) is 9.96. The maximum atomic E-state index is 6.07. The lowest BCUT2D eigenvalue weighted by atomic mass is 9.92. The van der Waals surface area contributed by atoms with E-state index >= 15 is 0 Å². The Morgan fingerprint density at radius 2 is 2.19 bits per heavy atom. The van der Waals surface area contributed by atoms with Gasteiger partial charge in [-0.05, 0) is 30.9 Å². The fraction of sp³-hybridized carbons (Fsp3) is 0.429. The summed E-state index contributed by atoms with van der Waals surface area (Å²) in [6, 6.07) is 6.94. The van der Waals surface area contributed by atoms with Gasteiger partial charge < -0.3 is 10.3 Å². The Morgan fingerprint density at radius 1 is 1.38 bits per heavy atom. The number of fused-ring (bicyclic) bond motifs is 3. The largest absolute Gasteiger partial charge is 0.347 e. The van der Waals surface area contributed by atoms with Crippen LogP contribution >= 0.6 is 0 Å². The minimum atomic E-state index is 0.343. The molecule has 0 fully saturated rings. The number of para-hydroxylation sites is 1. The summed E-state index contributed by atoms with van der Waals surface area (Å²) < 4.78 is 2.35. The van der Waals surface area contributed by atoms with Crippen molar-refractivity contribution in [2.45, 2.75) is 32.2 Å². The second kappa shape index (κ2) is 3.36. The van der Waals surface area contributed by atoms with E-state index in [9.17, 15) is 0 Å². The monoisotopic (exact) mass is 214 g/mol. The van der Waals surface area contributed by atoms with Crippen molar-refractivity contribution in [1.82, 2.24) is 4.57 Å². The van der Waals surface area contributed by atoms with Gasteiger partial charge in [-0.2, -0.15) is 0 Å². The standard InChI is InChI=1S/C14H18N2/c1-9-4-3-5-12-11-7-6-10(15)8-13(11)16(2)14(9)12/h3-5,10H,6-8,15H2,1-2H3. The van der Waals surface area contributed by atoms with E-state index in [2.05, 4.69) is 36.7 Å². The van der Waals surface area contributed by atoms with E-state index in [1.165, 1.54) is 27.7 Å². The molecule has 1 heterocycles. The highest BCUT2D eigenvalue weighted by molar-refractivity contribution is 5.88. The molecule has 0 bridgehead atoms. The molecule has 0 radical (unpaired) electrons. The maximum absolute atomic E-state index is 6.07. The summed E-state index contributed by atoms with van der Waals surface area (Å²) in [6.07, 6.45) is 3.29. The van der Waals surface area contributed by atoms with Crippen LogP contribution in [0.15, 0.2) is 18.2 Å². The molecule has 0 saturated carbocycles. The molecule has 16 heavy (non-hydrogen) atoms. The fourth-order valence-electron chi connectivity index (χ4n) is 3.06. The van der Waals surface area contributed by atoms with Crippen LogP contribution in [0.25, 0.3) is 10.9 Å². The smallest absolute Gasteiger partial charge is 0.0512 e. The van der Waals surface area contributed by atoms with Crippen LogP contribution < -0.4 is 5.73 Å². The topological polar surface area (TPSA) is 30.9 Å². The van der Waals surface area contributed by atoms with Crippen molar-refractivity contribution in [3.05, 3.63) is 35.0 Å². The molecule has 3 rings (SSSR count). The molecule has 84 valence electrons. The molecular weight excluding hydrogens is 196 g/mol. The van der Waals surface area contributed by atoms with Crippen molar-refractivity contribution in [2.75, 3.05) is 0 Å². The predicted molar refractivity (Wildman–Crippen MR) is 67.7 cm³/mol. The summed E-state index contributed by atoms with van der Waals surface area (Å²) in [5.41, 5.74) is 11.8. The third-order valence-corrected chi connectivity index (χ3v) is 3.87. The number of hydrogen-bond acceptors (Lipinski definition) is 1. The van der Waals surface area contributed by atoms with Crippen molar-refractivity contribution < 1.29 is 0 Å². The first-order valence-corrected chi connectivity index (χ1v) is 6.00. The van der Waals surface area contributed by atoms with Crippen LogP contribution in [0.5, 0.6) is 0 Å². The van der Waals surface area contributed by atoms with E-state index in [-0.39, 0.29) is 0 Å². The zero-order chi connectivity index (χ0) is 11.3. The molecule has 0 saturated heterocycles. The number of aromatic nitrogens is 1. The summed E-state index contributed by atoms with van der Waals surface area (Å²) in [7, 11) is 2.17. The van der Waals surface area contributed by atoms with E-state index in [1.807, 2.05) is 0 Å². The first-order chi connectivity index (χ1) is 7.68. The molecule has 0 aliphatic heterocycles. The predicted octanol–water partition coefficient (Wildman–Crippen LogP) is 2.30. The van der Waals surface area contributed by atoms with E-state index in [0.29, 0.717) is 6.04 Å². The molecule has 1 unspecified atom stereocenters. The highest BCUT2D eigenvalue weighted by Crippen LogP contribution is 2.32. The number of nitrogens with zero attached hydrogens (tertiary/aromatic N) is 1. The van der Waals surface area contributed by atoms with Gasteiger partial charge in [0.05, 0.1) is 5.52 Å². The maximum Gasteiger partial charge on any atom is 0.0512 e. The van der Waals surface area contributed by atoms with Crippen LogP contribution in [0.1, 0.15) is 23.2 Å². The van der Waals surface area contributed by atoms with Crippen LogP contribution in [-0.2, 0) is 19.9 Å². The molecule has 0 spiro atoms. The van der Waals surface area contributed by atoms with Crippen molar-refractivity contribution in [1.29, 1.82) is 0 Å². The lowest BCUT2D eigenvalue weighted by Crippen LogP contribution is -2.28. The molecule has 2 heteroatoms. The van der Waals surface area contributed by atoms with Crippen molar-refractivity contribution in [3.8, 4) is 0 Å². The molecule has 1 atom stereocenters. The summed E-state index contributed by atoms with van der Waals surface area (Å²) >= 11 is 0.